The van der Waals surface area contributed by atoms with Gasteiger partial charge in [-0.1, -0.05) is 18.2 Å². The van der Waals surface area contributed by atoms with Gasteiger partial charge in [0, 0.05) is 23.4 Å². The Morgan fingerprint density at radius 2 is 2.12 bits per heavy atom. The summed E-state index contributed by atoms with van der Waals surface area (Å²) in [6.07, 6.45) is 2.61. The van der Waals surface area contributed by atoms with Crippen LogP contribution in [0.4, 0.5) is 5.69 Å². The molecule has 0 aliphatic heterocycles. The number of aldehydes is 1. The molecule has 0 atom stereocenters. The Hall–Kier alpha value is -2.07. The lowest BCUT2D eigenvalue weighted by atomic mass is 9.99. The molecule has 17 heavy (non-hydrogen) atoms. The number of rotatable bonds is 4. The number of para-hydroxylation sites is 1. The van der Waals surface area contributed by atoms with Crippen LogP contribution < -0.4 is 5.73 Å². The Morgan fingerprint density at radius 1 is 1.29 bits per heavy atom. The van der Waals surface area contributed by atoms with Gasteiger partial charge in [0.05, 0.1) is 6.26 Å². The summed E-state index contributed by atoms with van der Waals surface area (Å²) < 4.78 is 5.05. The molecule has 2 rings (SSSR count). The zero-order chi connectivity index (χ0) is 12.3. The first-order valence-electron chi connectivity index (χ1n) is 5.29. The fraction of sp³-hybridized carbons (Fsp3) is 0.154. The molecule has 4 heteroatoms. The fourth-order valence-electron chi connectivity index (χ4n) is 1.82. The van der Waals surface area contributed by atoms with E-state index in [1.54, 1.807) is 6.07 Å². The summed E-state index contributed by atoms with van der Waals surface area (Å²) in [6, 6.07) is 7.24. The Morgan fingerprint density at radius 3 is 2.82 bits per heavy atom. The van der Waals surface area contributed by atoms with Gasteiger partial charge in [0.15, 0.2) is 12.0 Å². The van der Waals surface area contributed by atoms with Crippen LogP contribution in [-0.4, -0.2) is 18.0 Å². The molecule has 0 amide bonds. The molecular formula is C13H13NO3. The molecule has 4 nitrogen and oxygen atoms in total. The van der Waals surface area contributed by atoms with Crippen LogP contribution in [0.15, 0.2) is 34.9 Å². The lowest BCUT2D eigenvalue weighted by Gasteiger charge is -2.09. The van der Waals surface area contributed by atoms with Crippen LogP contribution >= 0.6 is 0 Å². The molecule has 0 saturated carbocycles. The van der Waals surface area contributed by atoms with Crippen LogP contribution in [0.1, 0.15) is 16.1 Å². The number of anilines is 1. The summed E-state index contributed by atoms with van der Waals surface area (Å²) in [7, 11) is 0. The highest BCUT2D eigenvalue weighted by Crippen LogP contribution is 2.31. The third kappa shape index (κ3) is 2.07. The summed E-state index contributed by atoms with van der Waals surface area (Å²) in [5, 5.41) is 8.94. The SMILES string of the molecule is Nc1c(CCO)cccc1-c1ccoc1C=O. The van der Waals surface area contributed by atoms with Crippen molar-refractivity contribution in [3.05, 3.63) is 41.9 Å². The first-order valence-corrected chi connectivity index (χ1v) is 5.29. The van der Waals surface area contributed by atoms with E-state index in [0.717, 1.165) is 11.1 Å². The number of carbonyl (C=O) groups is 1. The van der Waals surface area contributed by atoms with Crippen molar-refractivity contribution in [2.45, 2.75) is 6.42 Å². The second kappa shape index (κ2) is 4.84. The zero-order valence-corrected chi connectivity index (χ0v) is 9.22. The highest BCUT2D eigenvalue weighted by Gasteiger charge is 2.12. The van der Waals surface area contributed by atoms with Gasteiger partial charge in [-0.05, 0) is 18.1 Å². The molecule has 2 aromatic rings. The van der Waals surface area contributed by atoms with Crippen LogP contribution in [0, 0.1) is 0 Å². The minimum atomic E-state index is 0.0412. The molecule has 1 aromatic heterocycles. The predicted molar refractivity (Wildman–Crippen MR) is 64.7 cm³/mol. The van der Waals surface area contributed by atoms with Gasteiger partial charge in [-0.3, -0.25) is 4.79 Å². The molecule has 1 heterocycles. The molecule has 88 valence electrons. The Bertz CT molecular complexity index is 531. The Labute approximate surface area is 98.7 Å². The number of furan rings is 1. The number of hydrogen-bond acceptors (Lipinski definition) is 4. The highest BCUT2D eigenvalue weighted by molar-refractivity contribution is 5.89. The molecule has 0 radical (unpaired) electrons. The van der Waals surface area contributed by atoms with Crippen molar-refractivity contribution < 1.29 is 14.3 Å². The van der Waals surface area contributed by atoms with Crippen molar-refractivity contribution in [2.24, 2.45) is 0 Å². The van der Waals surface area contributed by atoms with E-state index in [4.69, 9.17) is 15.3 Å². The van der Waals surface area contributed by atoms with Crippen molar-refractivity contribution in [3.63, 3.8) is 0 Å². The highest BCUT2D eigenvalue weighted by atomic mass is 16.3. The topological polar surface area (TPSA) is 76.5 Å². The third-order valence-corrected chi connectivity index (χ3v) is 2.67. The standard InChI is InChI=1S/C13H13NO3/c14-13-9(4-6-15)2-1-3-11(13)10-5-7-17-12(10)8-16/h1-3,5,7-8,15H,4,6,14H2. The van der Waals surface area contributed by atoms with Crippen LogP contribution in [0.3, 0.4) is 0 Å². The molecule has 0 aliphatic rings. The van der Waals surface area contributed by atoms with E-state index >= 15 is 0 Å². The van der Waals surface area contributed by atoms with Gasteiger partial charge in [-0.2, -0.15) is 0 Å². The first-order chi connectivity index (χ1) is 8.27. The van der Waals surface area contributed by atoms with Gasteiger partial charge < -0.3 is 15.3 Å². The number of hydrogen-bond donors (Lipinski definition) is 2. The van der Waals surface area contributed by atoms with E-state index in [1.165, 1.54) is 6.26 Å². The lowest BCUT2D eigenvalue weighted by molar-refractivity contribution is 0.110. The van der Waals surface area contributed by atoms with E-state index in [-0.39, 0.29) is 12.4 Å². The average Bonchev–Trinajstić information content (AvgIpc) is 2.80. The van der Waals surface area contributed by atoms with Crippen molar-refractivity contribution >= 4 is 12.0 Å². The minimum Gasteiger partial charge on any atom is -0.461 e. The Kier molecular flexibility index (Phi) is 3.25. The number of nitrogens with two attached hydrogens (primary N) is 1. The second-order valence-electron chi connectivity index (χ2n) is 3.67. The number of aliphatic hydroxyl groups excluding tert-OH is 1. The van der Waals surface area contributed by atoms with E-state index in [1.807, 2.05) is 18.2 Å². The average molecular weight is 231 g/mol. The van der Waals surface area contributed by atoms with Crippen LogP contribution in [0.25, 0.3) is 11.1 Å². The van der Waals surface area contributed by atoms with Gasteiger partial charge in [-0.25, -0.2) is 0 Å². The molecule has 0 unspecified atom stereocenters. The molecule has 3 N–H and O–H groups in total. The quantitative estimate of drug-likeness (QED) is 0.622. The molecule has 0 spiro atoms. The summed E-state index contributed by atoms with van der Waals surface area (Å²) in [5.74, 6) is 0.262. The van der Waals surface area contributed by atoms with Gasteiger partial charge in [0.2, 0.25) is 0 Å². The second-order valence-corrected chi connectivity index (χ2v) is 3.67. The zero-order valence-electron chi connectivity index (χ0n) is 9.22. The predicted octanol–water partition coefficient (Wildman–Crippen LogP) is 1.88. The molecule has 0 saturated heterocycles. The van der Waals surface area contributed by atoms with Crippen molar-refractivity contribution in [2.75, 3.05) is 12.3 Å². The molecule has 0 aliphatic carbocycles. The molecular weight excluding hydrogens is 218 g/mol. The van der Waals surface area contributed by atoms with Crippen molar-refractivity contribution in [1.82, 2.24) is 0 Å². The van der Waals surface area contributed by atoms with Crippen molar-refractivity contribution in [3.8, 4) is 11.1 Å². The summed E-state index contributed by atoms with van der Waals surface area (Å²) in [6.45, 7) is 0.0412. The van der Waals surface area contributed by atoms with Gasteiger partial charge in [-0.15, -0.1) is 0 Å². The van der Waals surface area contributed by atoms with E-state index in [0.29, 0.717) is 24.0 Å². The van der Waals surface area contributed by atoms with Crippen LogP contribution in [0.2, 0.25) is 0 Å². The van der Waals surface area contributed by atoms with Crippen LogP contribution in [-0.2, 0) is 6.42 Å². The maximum Gasteiger partial charge on any atom is 0.185 e. The number of benzene rings is 1. The summed E-state index contributed by atoms with van der Waals surface area (Å²) in [4.78, 5) is 10.8. The Balaban J connectivity index is 2.52. The summed E-state index contributed by atoms with van der Waals surface area (Å²) in [5.41, 5.74) is 8.89. The number of nitrogen functional groups attached to an aromatic ring is 1. The molecule has 1 aromatic carbocycles. The lowest BCUT2D eigenvalue weighted by Crippen LogP contribution is -2.00. The van der Waals surface area contributed by atoms with Crippen LogP contribution in [0.5, 0.6) is 0 Å². The fourth-order valence-corrected chi connectivity index (χ4v) is 1.82. The smallest absolute Gasteiger partial charge is 0.185 e. The minimum absolute atomic E-state index is 0.0412. The molecule has 0 fully saturated rings. The van der Waals surface area contributed by atoms with E-state index in [2.05, 4.69) is 0 Å². The van der Waals surface area contributed by atoms with E-state index < -0.39 is 0 Å². The number of aliphatic hydroxyl groups is 1. The van der Waals surface area contributed by atoms with Crippen molar-refractivity contribution in [1.29, 1.82) is 0 Å². The van der Waals surface area contributed by atoms with Gasteiger partial charge in [0.1, 0.15) is 0 Å². The first kappa shape index (κ1) is 11.4. The monoisotopic (exact) mass is 231 g/mol. The third-order valence-electron chi connectivity index (χ3n) is 2.67. The largest absolute Gasteiger partial charge is 0.461 e. The van der Waals surface area contributed by atoms with E-state index in [9.17, 15) is 4.79 Å². The maximum absolute atomic E-state index is 10.8. The number of carbonyl (C=O) groups excluding carboxylic acids is 1. The molecule has 0 bridgehead atoms. The normalized spacial score (nSPS) is 10.4. The maximum atomic E-state index is 10.8. The summed E-state index contributed by atoms with van der Waals surface area (Å²) >= 11 is 0. The van der Waals surface area contributed by atoms with Gasteiger partial charge in [0.25, 0.3) is 0 Å². The van der Waals surface area contributed by atoms with Gasteiger partial charge >= 0.3 is 0 Å².